The zero-order chi connectivity index (χ0) is 26.5. The van der Waals surface area contributed by atoms with E-state index in [2.05, 4.69) is 20.8 Å². The van der Waals surface area contributed by atoms with Crippen molar-refractivity contribution in [3.8, 4) is 0 Å². The minimum absolute atomic E-state index is 0.236. The first-order chi connectivity index (χ1) is 17.9. The van der Waals surface area contributed by atoms with Gasteiger partial charge in [0.15, 0.2) is 0 Å². The normalized spacial score (nSPS) is 20.4. The molecule has 1 fully saturated rings. The van der Waals surface area contributed by atoms with Gasteiger partial charge in [0, 0.05) is 0 Å². The van der Waals surface area contributed by atoms with Gasteiger partial charge < -0.3 is 9.47 Å². The van der Waals surface area contributed by atoms with E-state index in [0.717, 1.165) is 35.8 Å². The van der Waals surface area contributed by atoms with Crippen molar-refractivity contribution in [3.05, 3.63) is 71.8 Å². The highest BCUT2D eigenvalue weighted by Crippen LogP contribution is 2.38. The van der Waals surface area contributed by atoms with Crippen LogP contribution >= 0.6 is 0 Å². The summed E-state index contributed by atoms with van der Waals surface area (Å²) in [7, 11) is 0. The highest BCUT2D eigenvalue weighted by atomic mass is 16.5. The summed E-state index contributed by atoms with van der Waals surface area (Å²) in [6.07, 6.45) is 9.81. The predicted molar refractivity (Wildman–Crippen MR) is 149 cm³/mol. The molecular weight excluding hydrogens is 460 g/mol. The van der Waals surface area contributed by atoms with Gasteiger partial charge in [-0.1, -0.05) is 120 Å². The van der Waals surface area contributed by atoms with E-state index in [9.17, 15) is 9.59 Å². The minimum Gasteiger partial charge on any atom is -0.461 e. The molecule has 1 aliphatic rings. The Bertz CT molecular complexity index is 924. The second kappa shape index (κ2) is 15.6. The van der Waals surface area contributed by atoms with E-state index in [1.54, 1.807) is 0 Å². The molecule has 37 heavy (non-hydrogen) atoms. The van der Waals surface area contributed by atoms with Gasteiger partial charge in [0.2, 0.25) is 0 Å². The van der Waals surface area contributed by atoms with Crippen LogP contribution in [0.4, 0.5) is 0 Å². The van der Waals surface area contributed by atoms with Crippen molar-refractivity contribution in [1.29, 1.82) is 0 Å². The summed E-state index contributed by atoms with van der Waals surface area (Å²) in [5, 5.41) is 0. The number of benzene rings is 2. The molecule has 3 rings (SSSR count). The third kappa shape index (κ3) is 10.3. The summed E-state index contributed by atoms with van der Waals surface area (Å²) in [4.78, 5) is 26.3. The van der Waals surface area contributed by atoms with E-state index >= 15 is 0 Å². The van der Waals surface area contributed by atoms with Crippen LogP contribution in [-0.2, 0) is 32.3 Å². The van der Waals surface area contributed by atoms with Gasteiger partial charge in [0.25, 0.3) is 0 Å². The SMILES string of the molecule is CC(C)CCCC(C)CCCC1CCC(C(=O)OCc2ccccc2)C(C(=O)OCc2ccccc2)C1. The number of ether oxygens (including phenoxy) is 2. The van der Waals surface area contributed by atoms with Crippen LogP contribution in [0, 0.1) is 29.6 Å². The fourth-order valence-electron chi connectivity index (χ4n) is 5.51. The molecule has 0 N–H and O–H groups in total. The van der Waals surface area contributed by atoms with Gasteiger partial charge in [-0.3, -0.25) is 9.59 Å². The Kier molecular flexibility index (Phi) is 12.2. The third-order valence-corrected chi connectivity index (χ3v) is 7.80. The first-order valence-electron chi connectivity index (χ1n) is 14.3. The Labute approximate surface area is 224 Å². The Balaban J connectivity index is 1.54. The molecule has 0 spiro atoms. The van der Waals surface area contributed by atoms with E-state index < -0.39 is 11.8 Å². The summed E-state index contributed by atoms with van der Waals surface area (Å²) in [5.41, 5.74) is 1.91. The zero-order valence-corrected chi connectivity index (χ0v) is 23.1. The van der Waals surface area contributed by atoms with E-state index in [0.29, 0.717) is 18.8 Å². The summed E-state index contributed by atoms with van der Waals surface area (Å²) in [6, 6.07) is 19.4. The highest BCUT2D eigenvalue weighted by Gasteiger charge is 2.41. The maximum atomic E-state index is 13.2. The van der Waals surface area contributed by atoms with Crippen molar-refractivity contribution >= 4 is 11.9 Å². The van der Waals surface area contributed by atoms with Crippen LogP contribution in [0.15, 0.2) is 60.7 Å². The van der Waals surface area contributed by atoms with Gasteiger partial charge in [-0.2, -0.15) is 0 Å². The van der Waals surface area contributed by atoms with Crippen molar-refractivity contribution < 1.29 is 19.1 Å². The third-order valence-electron chi connectivity index (χ3n) is 7.80. The molecule has 0 radical (unpaired) electrons. The van der Waals surface area contributed by atoms with Gasteiger partial charge in [0.05, 0.1) is 11.8 Å². The average Bonchev–Trinajstić information content (AvgIpc) is 2.91. The molecule has 1 saturated carbocycles. The van der Waals surface area contributed by atoms with Gasteiger partial charge in [-0.05, 0) is 48.1 Å². The summed E-state index contributed by atoms with van der Waals surface area (Å²) in [5.74, 6) is 0.567. The van der Waals surface area contributed by atoms with E-state index in [1.807, 2.05) is 60.7 Å². The molecule has 0 saturated heterocycles. The molecule has 0 aromatic heterocycles. The van der Waals surface area contributed by atoms with Crippen molar-refractivity contribution in [1.82, 2.24) is 0 Å². The number of esters is 2. The van der Waals surface area contributed by atoms with Crippen molar-refractivity contribution in [2.45, 2.75) is 91.8 Å². The Morgan fingerprint density at radius 2 is 1.27 bits per heavy atom. The Hall–Kier alpha value is -2.62. The monoisotopic (exact) mass is 506 g/mol. The van der Waals surface area contributed by atoms with Gasteiger partial charge >= 0.3 is 11.9 Å². The predicted octanol–water partition coefficient (Wildman–Crippen LogP) is 8.14. The lowest BCUT2D eigenvalue weighted by Gasteiger charge is -2.33. The second-order valence-electron chi connectivity index (χ2n) is 11.4. The van der Waals surface area contributed by atoms with Crippen LogP contribution in [0.25, 0.3) is 0 Å². The van der Waals surface area contributed by atoms with Crippen molar-refractivity contribution in [2.75, 3.05) is 0 Å². The smallest absolute Gasteiger partial charge is 0.310 e. The van der Waals surface area contributed by atoms with Crippen LogP contribution in [0.2, 0.25) is 0 Å². The van der Waals surface area contributed by atoms with E-state index in [4.69, 9.17) is 9.47 Å². The molecule has 4 atom stereocenters. The first kappa shape index (κ1) is 28.9. The minimum atomic E-state index is -0.436. The maximum absolute atomic E-state index is 13.2. The fraction of sp³-hybridized carbons (Fsp3) is 0.576. The molecule has 202 valence electrons. The van der Waals surface area contributed by atoms with Crippen LogP contribution in [-0.4, -0.2) is 11.9 Å². The molecule has 2 aromatic carbocycles. The summed E-state index contributed by atoms with van der Waals surface area (Å²) >= 11 is 0. The summed E-state index contributed by atoms with van der Waals surface area (Å²) in [6.45, 7) is 7.42. The molecular formula is C33H46O4. The topological polar surface area (TPSA) is 52.6 Å². The molecule has 1 aliphatic carbocycles. The lowest BCUT2D eigenvalue weighted by atomic mass is 9.72. The molecule has 0 bridgehead atoms. The molecule has 4 unspecified atom stereocenters. The number of carbonyl (C=O) groups is 2. The molecule has 4 nitrogen and oxygen atoms in total. The largest absolute Gasteiger partial charge is 0.461 e. The molecule has 4 heteroatoms. The van der Waals surface area contributed by atoms with Gasteiger partial charge in [-0.15, -0.1) is 0 Å². The first-order valence-corrected chi connectivity index (χ1v) is 14.3. The van der Waals surface area contributed by atoms with Crippen LogP contribution in [0.5, 0.6) is 0 Å². The van der Waals surface area contributed by atoms with E-state index in [-0.39, 0.29) is 25.2 Å². The number of carbonyl (C=O) groups excluding carboxylic acids is 2. The van der Waals surface area contributed by atoms with Gasteiger partial charge in [-0.25, -0.2) is 0 Å². The summed E-state index contributed by atoms with van der Waals surface area (Å²) < 4.78 is 11.4. The molecule has 0 aliphatic heterocycles. The van der Waals surface area contributed by atoms with Crippen LogP contribution in [0.1, 0.15) is 89.7 Å². The zero-order valence-electron chi connectivity index (χ0n) is 23.1. The van der Waals surface area contributed by atoms with E-state index in [1.165, 1.54) is 32.1 Å². The molecule has 0 amide bonds. The lowest BCUT2D eigenvalue weighted by molar-refractivity contribution is -0.165. The average molecular weight is 507 g/mol. The molecule has 2 aromatic rings. The highest BCUT2D eigenvalue weighted by molar-refractivity contribution is 5.82. The van der Waals surface area contributed by atoms with Gasteiger partial charge in [0.1, 0.15) is 13.2 Å². The van der Waals surface area contributed by atoms with Crippen LogP contribution < -0.4 is 0 Å². The van der Waals surface area contributed by atoms with Crippen molar-refractivity contribution in [3.63, 3.8) is 0 Å². The standard InChI is InChI=1S/C33H46O4/c1-25(2)12-10-13-26(3)14-11-19-27-20-21-30(32(34)36-23-28-15-6-4-7-16-28)31(22-27)33(35)37-24-29-17-8-5-9-18-29/h4-9,15-18,25-27,30-31H,10-14,19-24H2,1-3H3. The Morgan fingerprint density at radius 3 is 1.84 bits per heavy atom. The number of hydrogen-bond donors (Lipinski definition) is 0. The Morgan fingerprint density at radius 1 is 0.730 bits per heavy atom. The molecule has 0 heterocycles. The number of rotatable bonds is 14. The lowest BCUT2D eigenvalue weighted by Crippen LogP contribution is -2.37. The van der Waals surface area contributed by atoms with Crippen LogP contribution in [0.3, 0.4) is 0 Å². The maximum Gasteiger partial charge on any atom is 0.310 e. The second-order valence-corrected chi connectivity index (χ2v) is 11.4. The van der Waals surface area contributed by atoms with Crippen molar-refractivity contribution in [2.24, 2.45) is 29.6 Å². The quantitative estimate of drug-likeness (QED) is 0.243. The fourth-order valence-corrected chi connectivity index (χ4v) is 5.51. The number of hydrogen-bond acceptors (Lipinski definition) is 4.